The van der Waals surface area contributed by atoms with Crippen LogP contribution in [0, 0.1) is 0 Å². The van der Waals surface area contributed by atoms with Gasteiger partial charge in [0.15, 0.2) is 0 Å². The first kappa shape index (κ1) is 15.4. The molecule has 1 amide bonds. The van der Waals surface area contributed by atoms with E-state index in [9.17, 15) is 4.79 Å². The van der Waals surface area contributed by atoms with Crippen LogP contribution in [-0.2, 0) is 17.8 Å². The number of carbonyl (C=O) groups is 1. The quantitative estimate of drug-likeness (QED) is 0.773. The molecule has 3 nitrogen and oxygen atoms in total. The van der Waals surface area contributed by atoms with E-state index < -0.39 is 0 Å². The Balaban J connectivity index is 2.43. The molecule has 0 saturated carbocycles. The third-order valence-corrected chi connectivity index (χ3v) is 3.42. The number of rotatable bonds is 6. The fourth-order valence-corrected chi connectivity index (χ4v) is 1.72. The maximum absolute atomic E-state index is 11.8. The van der Waals surface area contributed by atoms with Crippen LogP contribution in [0.2, 0.25) is 0 Å². The monoisotopic (exact) mass is 261 g/mol. The third kappa shape index (κ3) is 4.87. The fraction of sp³-hybridized carbons (Fsp3) is 0.438. The molecule has 0 aliphatic rings. The van der Waals surface area contributed by atoms with E-state index in [0.29, 0.717) is 6.54 Å². The molecule has 0 bridgehead atoms. The second-order valence-electron chi connectivity index (χ2n) is 4.74. The van der Waals surface area contributed by atoms with Crippen molar-refractivity contribution in [3.63, 3.8) is 0 Å². The number of benzene rings is 1. The summed E-state index contributed by atoms with van der Waals surface area (Å²) in [7, 11) is 0. The second kappa shape index (κ2) is 7.74. The maximum atomic E-state index is 11.8. The molecule has 0 unspecified atom stereocenters. The zero-order chi connectivity index (χ0) is 14.3. The van der Waals surface area contributed by atoms with Crippen molar-refractivity contribution >= 4 is 5.91 Å². The summed E-state index contributed by atoms with van der Waals surface area (Å²) in [5, 5.41) is 11.9. The van der Waals surface area contributed by atoms with Crippen LogP contribution < -0.4 is 5.32 Å². The van der Waals surface area contributed by atoms with Gasteiger partial charge in [0.1, 0.15) is 0 Å². The van der Waals surface area contributed by atoms with Crippen LogP contribution in [0.1, 0.15) is 38.3 Å². The second-order valence-corrected chi connectivity index (χ2v) is 4.74. The largest absolute Gasteiger partial charge is 0.392 e. The maximum Gasteiger partial charge on any atom is 0.246 e. The Kier molecular flexibility index (Phi) is 6.30. The summed E-state index contributed by atoms with van der Waals surface area (Å²) < 4.78 is 0. The SMILES string of the molecule is CC/C(C)=C(/C)C(=O)NCCc1ccc(CO)cc1. The molecule has 0 aliphatic heterocycles. The highest BCUT2D eigenvalue weighted by atomic mass is 16.3. The predicted molar refractivity (Wildman–Crippen MR) is 77.7 cm³/mol. The van der Waals surface area contributed by atoms with Crippen molar-refractivity contribution in [2.75, 3.05) is 6.54 Å². The van der Waals surface area contributed by atoms with Gasteiger partial charge < -0.3 is 10.4 Å². The number of carbonyl (C=O) groups excluding carboxylic acids is 1. The predicted octanol–water partition coefficient (Wildman–Crippen LogP) is 2.58. The molecule has 0 aliphatic carbocycles. The fourth-order valence-electron chi connectivity index (χ4n) is 1.72. The lowest BCUT2D eigenvalue weighted by Crippen LogP contribution is -2.26. The molecule has 1 aromatic rings. The summed E-state index contributed by atoms with van der Waals surface area (Å²) in [6.45, 7) is 6.60. The number of amides is 1. The minimum absolute atomic E-state index is 0.0197. The van der Waals surface area contributed by atoms with Gasteiger partial charge in [-0.15, -0.1) is 0 Å². The average molecular weight is 261 g/mol. The first-order chi connectivity index (χ1) is 9.08. The average Bonchev–Trinajstić information content (AvgIpc) is 2.46. The molecular weight excluding hydrogens is 238 g/mol. The van der Waals surface area contributed by atoms with E-state index in [0.717, 1.165) is 35.1 Å². The van der Waals surface area contributed by atoms with Gasteiger partial charge in [0.25, 0.3) is 0 Å². The molecule has 2 N–H and O–H groups in total. The van der Waals surface area contributed by atoms with Crippen LogP contribution in [0.4, 0.5) is 0 Å². The van der Waals surface area contributed by atoms with E-state index in [2.05, 4.69) is 12.2 Å². The molecule has 3 heteroatoms. The summed E-state index contributed by atoms with van der Waals surface area (Å²) in [4.78, 5) is 11.8. The van der Waals surface area contributed by atoms with Gasteiger partial charge in [-0.3, -0.25) is 4.79 Å². The Morgan fingerprint density at radius 1 is 1.16 bits per heavy atom. The van der Waals surface area contributed by atoms with Crippen molar-refractivity contribution in [3.8, 4) is 0 Å². The molecule has 104 valence electrons. The Morgan fingerprint density at radius 2 is 1.74 bits per heavy atom. The van der Waals surface area contributed by atoms with E-state index in [1.165, 1.54) is 0 Å². The van der Waals surface area contributed by atoms with Crippen molar-refractivity contribution in [1.29, 1.82) is 0 Å². The number of hydrogen-bond acceptors (Lipinski definition) is 2. The molecule has 0 fully saturated rings. The molecule has 1 aromatic carbocycles. The van der Waals surface area contributed by atoms with Crippen LogP contribution in [-0.4, -0.2) is 17.6 Å². The summed E-state index contributed by atoms with van der Waals surface area (Å²) in [6, 6.07) is 7.78. The Labute approximate surface area is 115 Å². The van der Waals surface area contributed by atoms with Crippen molar-refractivity contribution in [1.82, 2.24) is 5.32 Å². The van der Waals surface area contributed by atoms with Crippen LogP contribution in [0.3, 0.4) is 0 Å². The highest BCUT2D eigenvalue weighted by Crippen LogP contribution is 2.07. The molecule has 19 heavy (non-hydrogen) atoms. The summed E-state index contributed by atoms with van der Waals surface area (Å²) >= 11 is 0. The van der Waals surface area contributed by atoms with Gasteiger partial charge in [-0.05, 0) is 37.8 Å². The number of hydrogen-bond donors (Lipinski definition) is 2. The first-order valence-electron chi connectivity index (χ1n) is 6.71. The van der Waals surface area contributed by atoms with Crippen molar-refractivity contribution in [2.45, 2.75) is 40.2 Å². The lowest BCUT2D eigenvalue weighted by molar-refractivity contribution is -0.117. The Morgan fingerprint density at radius 3 is 2.26 bits per heavy atom. The van der Waals surface area contributed by atoms with Crippen LogP contribution in [0.5, 0.6) is 0 Å². The van der Waals surface area contributed by atoms with E-state index in [-0.39, 0.29) is 12.5 Å². The van der Waals surface area contributed by atoms with E-state index in [1.807, 2.05) is 38.1 Å². The number of aliphatic hydroxyl groups excluding tert-OH is 1. The number of allylic oxidation sites excluding steroid dienone is 1. The van der Waals surface area contributed by atoms with Gasteiger partial charge >= 0.3 is 0 Å². The van der Waals surface area contributed by atoms with Crippen molar-refractivity contribution in [2.24, 2.45) is 0 Å². The molecule has 0 radical (unpaired) electrons. The van der Waals surface area contributed by atoms with Gasteiger partial charge in [-0.25, -0.2) is 0 Å². The normalized spacial score (nSPS) is 12.0. The van der Waals surface area contributed by atoms with Crippen LogP contribution in [0.25, 0.3) is 0 Å². The molecular formula is C16H23NO2. The lowest BCUT2D eigenvalue weighted by Gasteiger charge is -2.08. The number of aliphatic hydroxyl groups is 1. The van der Waals surface area contributed by atoms with Gasteiger partial charge in [-0.1, -0.05) is 36.8 Å². The standard InChI is InChI=1S/C16H23NO2/c1-4-12(2)13(3)16(19)17-10-9-14-5-7-15(11-18)8-6-14/h5-8,18H,4,9-11H2,1-3H3,(H,17,19)/b13-12-. The molecule has 0 spiro atoms. The number of nitrogens with one attached hydrogen (secondary N) is 1. The van der Waals surface area contributed by atoms with E-state index >= 15 is 0 Å². The molecule has 0 saturated heterocycles. The van der Waals surface area contributed by atoms with Crippen LogP contribution in [0.15, 0.2) is 35.4 Å². The molecule has 0 heterocycles. The first-order valence-corrected chi connectivity index (χ1v) is 6.71. The van der Waals surface area contributed by atoms with Crippen LogP contribution >= 0.6 is 0 Å². The zero-order valence-corrected chi connectivity index (χ0v) is 12.0. The highest BCUT2D eigenvalue weighted by molar-refractivity contribution is 5.93. The Hall–Kier alpha value is -1.61. The third-order valence-electron chi connectivity index (χ3n) is 3.42. The topological polar surface area (TPSA) is 49.3 Å². The summed E-state index contributed by atoms with van der Waals surface area (Å²) in [5.41, 5.74) is 4.01. The minimum atomic E-state index is 0.0197. The minimum Gasteiger partial charge on any atom is -0.392 e. The zero-order valence-electron chi connectivity index (χ0n) is 12.0. The van der Waals surface area contributed by atoms with Crippen molar-refractivity contribution < 1.29 is 9.90 Å². The lowest BCUT2D eigenvalue weighted by atomic mass is 10.1. The smallest absolute Gasteiger partial charge is 0.246 e. The van der Waals surface area contributed by atoms with Gasteiger partial charge in [0.2, 0.25) is 5.91 Å². The van der Waals surface area contributed by atoms with Gasteiger partial charge in [-0.2, -0.15) is 0 Å². The van der Waals surface area contributed by atoms with E-state index in [4.69, 9.17) is 5.11 Å². The summed E-state index contributed by atoms with van der Waals surface area (Å²) in [6.07, 6.45) is 1.71. The van der Waals surface area contributed by atoms with Crippen molar-refractivity contribution in [3.05, 3.63) is 46.5 Å². The molecule has 1 rings (SSSR count). The summed E-state index contributed by atoms with van der Waals surface area (Å²) in [5.74, 6) is 0.0197. The molecule has 0 atom stereocenters. The molecule has 0 aromatic heterocycles. The van der Waals surface area contributed by atoms with Gasteiger partial charge in [0.05, 0.1) is 6.61 Å². The Bertz CT molecular complexity index is 446. The van der Waals surface area contributed by atoms with E-state index in [1.54, 1.807) is 0 Å². The highest BCUT2D eigenvalue weighted by Gasteiger charge is 2.05. The van der Waals surface area contributed by atoms with Gasteiger partial charge in [0, 0.05) is 12.1 Å².